The average molecular weight is 387 g/mol. The van der Waals surface area contributed by atoms with Crippen molar-refractivity contribution in [2.75, 3.05) is 33.4 Å². The van der Waals surface area contributed by atoms with E-state index >= 15 is 0 Å². The normalized spacial score (nSPS) is 11.8. The molecular weight excluding hydrogens is 356 g/mol. The van der Waals surface area contributed by atoms with Crippen LogP contribution in [0.1, 0.15) is 32.8 Å². The van der Waals surface area contributed by atoms with Gasteiger partial charge in [0, 0.05) is 19.7 Å². The molecule has 0 aliphatic carbocycles. The molecule has 1 rings (SSSR count). The highest BCUT2D eigenvalue weighted by Gasteiger charge is 2.11. The molecule has 0 atom stereocenters. The lowest BCUT2D eigenvalue weighted by molar-refractivity contribution is -0.0512. The molecule has 0 saturated carbocycles. The lowest BCUT2D eigenvalue weighted by Gasteiger charge is -2.13. The molecule has 1 aromatic carbocycles. The summed E-state index contributed by atoms with van der Waals surface area (Å²) in [6, 6.07) is 4.86. The number of halogens is 2. The topological polar surface area (TPSA) is 64.1 Å². The fourth-order valence-corrected chi connectivity index (χ4v) is 2.18. The fourth-order valence-electron chi connectivity index (χ4n) is 2.18. The maximum Gasteiger partial charge on any atom is 0.387 e. The van der Waals surface area contributed by atoms with Gasteiger partial charge in [0.25, 0.3) is 0 Å². The number of hydrogen-bond donors (Lipinski definition) is 2. The van der Waals surface area contributed by atoms with E-state index in [-0.39, 0.29) is 11.5 Å². The average Bonchev–Trinajstić information content (AvgIpc) is 2.61. The Bertz CT molecular complexity index is 569. The van der Waals surface area contributed by atoms with Crippen molar-refractivity contribution in [1.82, 2.24) is 10.6 Å². The van der Waals surface area contributed by atoms with E-state index in [0.29, 0.717) is 38.1 Å². The lowest BCUT2D eigenvalue weighted by atomic mass is 10.1. The number of nitrogens with one attached hydrogen (secondary N) is 2. The highest BCUT2D eigenvalue weighted by atomic mass is 19.3. The molecule has 6 nitrogen and oxygen atoms in total. The molecule has 1 aromatic rings. The SMILES string of the molecule is CCNC(=NCc1ccc(OC)c(OC(F)F)c1)NCCOCCC(C)C. The van der Waals surface area contributed by atoms with Gasteiger partial charge in [0.15, 0.2) is 17.5 Å². The molecular formula is C19H31F2N3O3. The van der Waals surface area contributed by atoms with Crippen LogP contribution in [-0.2, 0) is 11.3 Å². The zero-order valence-corrected chi connectivity index (χ0v) is 16.6. The summed E-state index contributed by atoms with van der Waals surface area (Å²) in [4.78, 5) is 4.46. The van der Waals surface area contributed by atoms with Crippen LogP contribution in [0.4, 0.5) is 8.78 Å². The molecule has 0 fully saturated rings. The molecule has 0 heterocycles. The van der Waals surface area contributed by atoms with Crippen LogP contribution in [0.5, 0.6) is 11.5 Å². The molecule has 0 saturated heterocycles. The standard InChI is InChI=1S/C19H31F2N3O3/c1-5-22-19(23-9-11-26-10-8-14(2)3)24-13-15-6-7-16(25-4)17(12-15)27-18(20)21/h6-7,12,14,18H,5,8-11,13H2,1-4H3,(H2,22,23,24). The van der Waals surface area contributed by atoms with Crippen molar-refractivity contribution in [3.63, 3.8) is 0 Å². The van der Waals surface area contributed by atoms with Gasteiger partial charge in [-0.25, -0.2) is 4.99 Å². The Balaban J connectivity index is 2.58. The van der Waals surface area contributed by atoms with Gasteiger partial charge in [-0.1, -0.05) is 19.9 Å². The quantitative estimate of drug-likeness (QED) is 0.327. The van der Waals surface area contributed by atoms with Gasteiger partial charge in [0.1, 0.15) is 0 Å². The van der Waals surface area contributed by atoms with E-state index in [2.05, 4.69) is 34.2 Å². The Kier molecular flexibility index (Phi) is 11.2. The van der Waals surface area contributed by atoms with Crippen LogP contribution >= 0.6 is 0 Å². The van der Waals surface area contributed by atoms with Gasteiger partial charge in [-0.05, 0) is 37.0 Å². The Hall–Kier alpha value is -2.09. The first-order valence-electron chi connectivity index (χ1n) is 9.17. The summed E-state index contributed by atoms with van der Waals surface area (Å²) in [5.41, 5.74) is 0.733. The third-order valence-electron chi connectivity index (χ3n) is 3.59. The van der Waals surface area contributed by atoms with Crippen molar-refractivity contribution in [3.05, 3.63) is 23.8 Å². The Morgan fingerprint density at radius 2 is 1.93 bits per heavy atom. The van der Waals surface area contributed by atoms with Crippen LogP contribution in [0.25, 0.3) is 0 Å². The fraction of sp³-hybridized carbons (Fsp3) is 0.632. The Morgan fingerprint density at radius 1 is 1.15 bits per heavy atom. The highest BCUT2D eigenvalue weighted by Crippen LogP contribution is 2.29. The first-order chi connectivity index (χ1) is 13.0. The monoisotopic (exact) mass is 387 g/mol. The summed E-state index contributed by atoms with van der Waals surface area (Å²) in [6.07, 6.45) is 1.04. The number of rotatable bonds is 12. The number of benzene rings is 1. The summed E-state index contributed by atoms with van der Waals surface area (Å²) in [6.45, 7) is 6.37. The van der Waals surface area contributed by atoms with E-state index in [0.717, 1.165) is 18.6 Å². The van der Waals surface area contributed by atoms with Gasteiger partial charge in [-0.2, -0.15) is 8.78 Å². The van der Waals surface area contributed by atoms with Crippen LogP contribution in [0.15, 0.2) is 23.2 Å². The van der Waals surface area contributed by atoms with Gasteiger partial charge in [-0.3, -0.25) is 0 Å². The second-order valence-electron chi connectivity index (χ2n) is 6.28. The summed E-state index contributed by atoms with van der Waals surface area (Å²) < 4.78 is 40.1. The zero-order chi connectivity index (χ0) is 20.1. The van der Waals surface area contributed by atoms with Crippen molar-refractivity contribution in [3.8, 4) is 11.5 Å². The maximum atomic E-state index is 12.5. The molecule has 154 valence electrons. The smallest absolute Gasteiger partial charge is 0.387 e. The number of methoxy groups -OCH3 is 1. The predicted molar refractivity (Wildman–Crippen MR) is 103 cm³/mol. The van der Waals surface area contributed by atoms with Crippen molar-refractivity contribution in [1.29, 1.82) is 0 Å². The molecule has 0 aliphatic heterocycles. The largest absolute Gasteiger partial charge is 0.493 e. The number of hydrogen-bond acceptors (Lipinski definition) is 4. The van der Waals surface area contributed by atoms with Gasteiger partial charge in [0.2, 0.25) is 0 Å². The molecule has 0 radical (unpaired) electrons. The molecule has 0 amide bonds. The van der Waals surface area contributed by atoms with Crippen molar-refractivity contribution >= 4 is 5.96 Å². The van der Waals surface area contributed by atoms with Crippen LogP contribution in [-0.4, -0.2) is 46.0 Å². The molecule has 0 unspecified atom stereocenters. The van der Waals surface area contributed by atoms with E-state index in [9.17, 15) is 8.78 Å². The second kappa shape index (κ2) is 13.1. The first kappa shape index (κ1) is 23.0. The van der Waals surface area contributed by atoms with E-state index in [1.165, 1.54) is 13.2 Å². The Morgan fingerprint density at radius 3 is 2.56 bits per heavy atom. The molecule has 2 N–H and O–H groups in total. The minimum atomic E-state index is -2.91. The van der Waals surface area contributed by atoms with Crippen LogP contribution < -0.4 is 20.1 Å². The van der Waals surface area contributed by atoms with E-state index in [1.807, 2.05) is 6.92 Å². The molecule has 0 bridgehead atoms. The van der Waals surface area contributed by atoms with E-state index in [4.69, 9.17) is 9.47 Å². The summed E-state index contributed by atoms with van der Waals surface area (Å²) >= 11 is 0. The number of guanidine groups is 1. The van der Waals surface area contributed by atoms with Gasteiger partial charge >= 0.3 is 6.61 Å². The highest BCUT2D eigenvalue weighted by molar-refractivity contribution is 5.79. The third-order valence-corrected chi connectivity index (χ3v) is 3.59. The number of aliphatic imine (C=N–C) groups is 1. The lowest BCUT2D eigenvalue weighted by Crippen LogP contribution is -2.39. The maximum absolute atomic E-state index is 12.5. The first-order valence-corrected chi connectivity index (χ1v) is 9.17. The van der Waals surface area contributed by atoms with Crippen LogP contribution in [0.3, 0.4) is 0 Å². The summed E-state index contributed by atoms with van der Waals surface area (Å²) in [5.74, 6) is 1.51. The number of nitrogens with zero attached hydrogens (tertiary/aromatic N) is 1. The van der Waals surface area contributed by atoms with Crippen molar-refractivity contribution in [2.24, 2.45) is 10.9 Å². The Labute approximate surface area is 160 Å². The third kappa shape index (κ3) is 9.98. The van der Waals surface area contributed by atoms with Crippen LogP contribution in [0.2, 0.25) is 0 Å². The number of ether oxygens (including phenoxy) is 3. The molecule has 0 aromatic heterocycles. The minimum Gasteiger partial charge on any atom is -0.493 e. The zero-order valence-electron chi connectivity index (χ0n) is 16.6. The van der Waals surface area contributed by atoms with Gasteiger partial charge in [0.05, 0.1) is 20.3 Å². The van der Waals surface area contributed by atoms with Crippen molar-refractivity contribution in [2.45, 2.75) is 40.3 Å². The van der Waals surface area contributed by atoms with E-state index < -0.39 is 6.61 Å². The van der Waals surface area contributed by atoms with Gasteiger partial charge < -0.3 is 24.8 Å². The summed E-state index contributed by atoms with van der Waals surface area (Å²) in [7, 11) is 1.40. The molecule has 8 heteroatoms. The summed E-state index contributed by atoms with van der Waals surface area (Å²) in [5, 5.41) is 6.33. The van der Waals surface area contributed by atoms with E-state index in [1.54, 1.807) is 12.1 Å². The number of alkyl halides is 2. The van der Waals surface area contributed by atoms with Crippen LogP contribution in [0, 0.1) is 5.92 Å². The second-order valence-corrected chi connectivity index (χ2v) is 6.28. The molecule has 0 spiro atoms. The molecule has 27 heavy (non-hydrogen) atoms. The van der Waals surface area contributed by atoms with Crippen molar-refractivity contribution < 1.29 is 23.0 Å². The molecule has 0 aliphatic rings. The van der Waals surface area contributed by atoms with Gasteiger partial charge in [-0.15, -0.1) is 0 Å². The predicted octanol–water partition coefficient (Wildman–Crippen LogP) is 3.41. The minimum absolute atomic E-state index is 0.00304.